The third kappa shape index (κ3) is 2.68. The lowest BCUT2D eigenvalue weighted by atomic mass is 10.1. The van der Waals surface area contributed by atoms with Crippen LogP contribution in [0.25, 0.3) is 0 Å². The molecule has 0 aliphatic carbocycles. The molecule has 1 aliphatic rings. The zero-order chi connectivity index (χ0) is 12.4. The summed E-state index contributed by atoms with van der Waals surface area (Å²) in [5, 5.41) is 0. The first-order valence-electron chi connectivity index (χ1n) is 6.51. The van der Waals surface area contributed by atoms with E-state index in [1.165, 1.54) is 11.1 Å². The number of benzene rings is 1. The number of rotatable bonds is 2. The molecule has 0 bridgehead atoms. The van der Waals surface area contributed by atoms with E-state index in [2.05, 4.69) is 67.8 Å². The fourth-order valence-electron chi connectivity index (χ4n) is 2.16. The van der Waals surface area contributed by atoms with Gasteiger partial charge in [0, 0.05) is 11.1 Å². The lowest BCUT2D eigenvalue weighted by Gasteiger charge is -2.17. The maximum atomic E-state index is 2.42. The maximum absolute atomic E-state index is 2.42. The summed E-state index contributed by atoms with van der Waals surface area (Å²) in [4.78, 5) is 2.42. The van der Waals surface area contributed by atoms with Crippen LogP contribution in [0.1, 0.15) is 38.8 Å². The zero-order valence-electron chi connectivity index (χ0n) is 11.4. The van der Waals surface area contributed by atoms with Gasteiger partial charge in [0.2, 0.25) is 6.34 Å². The average Bonchev–Trinajstić information content (AvgIpc) is 2.47. The predicted molar refractivity (Wildman–Crippen MR) is 72.3 cm³/mol. The Hall–Kier alpha value is -1.31. The summed E-state index contributed by atoms with van der Waals surface area (Å²) < 4.78 is 2.42. The van der Waals surface area contributed by atoms with E-state index in [1.807, 2.05) is 0 Å². The van der Waals surface area contributed by atoms with Crippen molar-refractivity contribution in [1.29, 1.82) is 0 Å². The third-order valence-electron chi connectivity index (χ3n) is 3.45. The van der Waals surface area contributed by atoms with E-state index in [-0.39, 0.29) is 0 Å². The van der Waals surface area contributed by atoms with Gasteiger partial charge in [-0.2, -0.15) is 0 Å². The molecule has 0 atom stereocenters. The van der Waals surface area contributed by atoms with Gasteiger partial charge in [-0.3, -0.25) is 9.48 Å². The highest BCUT2D eigenvalue weighted by Gasteiger charge is 2.22. The summed E-state index contributed by atoms with van der Waals surface area (Å²) in [6.45, 7) is 11.1. The van der Waals surface area contributed by atoms with Gasteiger partial charge >= 0.3 is 0 Å². The Kier molecular flexibility index (Phi) is 3.51. The van der Waals surface area contributed by atoms with Gasteiger partial charge in [0.25, 0.3) is 0 Å². The van der Waals surface area contributed by atoms with E-state index in [1.54, 1.807) is 0 Å². The molecule has 1 aliphatic heterocycles. The van der Waals surface area contributed by atoms with Crippen LogP contribution in [0.4, 0.5) is 0 Å². The van der Waals surface area contributed by atoms with E-state index >= 15 is 0 Å². The van der Waals surface area contributed by atoms with E-state index in [4.69, 9.17) is 0 Å². The van der Waals surface area contributed by atoms with Crippen molar-refractivity contribution in [2.45, 2.75) is 52.9 Å². The monoisotopic (exact) mass is 231 g/mol. The molecule has 0 saturated carbocycles. The Morgan fingerprint density at radius 1 is 1.06 bits per heavy atom. The van der Waals surface area contributed by atoms with Crippen molar-refractivity contribution < 1.29 is 4.58 Å². The molecule has 0 fully saturated rings. The molecule has 0 N–H and O–H groups in total. The Labute approximate surface area is 105 Å². The van der Waals surface area contributed by atoms with E-state index in [0.29, 0.717) is 12.1 Å². The van der Waals surface area contributed by atoms with Crippen LogP contribution in [0.3, 0.4) is 0 Å². The lowest BCUT2D eigenvalue weighted by molar-refractivity contribution is -0.573. The molecule has 1 aromatic carbocycles. The SMILES string of the molecule is CC(C)N1C=[N+](C(C)C)Cc2ccccc2C1. The Morgan fingerprint density at radius 2 is 1.71 bits per heavy atom. The smallest absolute Gasteiger partial charge is 0.235 e. The molecule has 2 rings (SSSR count). The second-order valence-electron chi connectivity index (χ2n) is 5.42. The Balaban J connectivity index is 2.38. The number of hydrogen-bond donors (Lipinski definition) is 0. The van der Waals surface area contributed by atoms with Gasteiger partial charge in [0.15, 0.2) is 0 Å². The second kappa shape index (κ2) is 4.91. The van der Waals surface area contributed by atoms with Gasteiger partial charge < -0.3 is 0 Å². The van der Waals surface area contributed by atoms with Crippen LogP contribution >= 0.6 is 0 Å². The summed E-state index contributed by atoms with van der Waals surface area (Å²) in [6, 6.07) is 9.88. The molecule has 0 saturated heterocycles. The molecular weight excluding hydrogens is 208 g/mol. The van der Waals surface area contributed by atoms with Crippen molar-refractivity contribution in [3.8, 4) is 0 Å². The molecule has 2 heteroatoms. The molecule has 1 aromatic rings. The normalized spacial score (nSPS) is 15.9. The van der Waals surface area contributed by atoms with Crippen molar-refractivity contribution in [3.63, 3.8) is 0 Å². The number of fused-ring (bicyclic) bond motifs is 1. The second-order valence-corrected chi connectivity index (χ2v) is 5.42. The quantitative estimate of drug-likeness (QED) is 0.709. The van der Waals surface area contributed by atoms with Crippen molar-refractivity contribution in [2.24, 2.45) is 0 Å². The topological polar surface area (TPSA) is 6.25 Å². The molecule has 0 amide bonds. The molecule has 0 unspecified atom stereocenters. The minimum atomic E-state index is 0.544. The summed E-state index contributed by atoms with van der Waals surface area (Å²) in [6.07, 6.45) is 2.30. The molecular formula is C15H23N2+. The van der Waals surface area contributed by atoms with E-state index in [0.717, 1.165) is 13.1 Å². The first-order chi connectivity index (χ1) is 8.08. The van der Waals surface area contributed by atoms with Crippen molar-refractivity contribution in [2.75, 3.05) is 0 Å². The van der Waals surface area contributed by atoms with Crippen LogP contribution in [0.15, 0.2) is 24.3 Å². The van der Waals surface area contributed by atoms with Crippen LogP contribution in [-0.2, 0) is 13.1 Å². The largest absolute Gasteiger partial charge is 0.262 e. The van der Waals surface area contributed by atoms with Gasteiger partial charge in [-0.05, 0) is 27.7 Å². The fraction of sp³-hybridized carbons (Fsp3) is 0.533. The predicted octanol–water partition coefficient (Wildman–Crippen LogP) is 2.86. The van der Waals surface area contributed by atoms with Gasteiger partial charge in [0.1, 0.15) is 13.1 Å². The van der Waals surface area contributed by atoms with Crippen molar-refractivity contribution >= 4 is 6.34 Å². The minimum absolute atomic E-state index is 0.544. The van der Waals surface area contributed by atoms with Gasteiger partial charge in [-0.1, -0.05) is 24.3 Å². The fourth-order valence-corrected chi connectivity index (χ4v) is 2.16. The van der Waals surface area contributed by atoms with Gasteiger partial charge in [-0.25, -0.2) is 0 Å². The van der Waals surface area contributed by atoms with E-state index < -0.39 is 0 Å². The van der Waals surface area contributed by atoms with Gasteiger partial charge in [-0.15, -0.1) is 0 Å². The molecule has 92 valence electrons. The average molecular weight is 231 g/mol. The summed E-state index contributed by atoms with van der Waals surface area (Å²) in [5.74, 6) is 0. The molecule has 1 heterocycles. The van der Waals surface area contributed by atoms with Crippen molar-refractivity contribution in [3.05, 3.63) is 35.4 Å². The van der Waals surface area contributed by atoms with Crippen LogP contribution < -0.4 is 0 Å². The van der Waals surface area contributed by atoms with Crippen LogP contribution in [0, 0.1) is 0 Å². The van der Waals surface area contributed by atoms with Gasteiger partial charge in [0.05, 0.1) is 12.1 Å². The lowest BCUT2D eigenvalue weighted by Crippen LogP contribution is -2.33. The first-order valence-corrected chi connectivity index (χ1v) is 6.51. The van der Waals surface area contributed by atoms with Crippen molar-refractivity contribution in [1.82, 2.24) is 4.90 Å². The first kappa shape index (κ1) is 12.2. The standard InChI is InChI=1S/C15H23N2/c1-12(2)16-9-14-7-5-6-8-15(14)10-17(11-16)13(3)4/h5-8,11-13H,9-10H2,1-4H3/q+1. The zero-order valence-corrected chi connectivity index (χ0v) is 11.4. The summed E-state index contributed by atoms with van der Waals surface area (Å²) >= 11 is 0. The highest BCUT2D eigenvalue weighted by Crippen LogP contribution is 2.17. The Morgan fingerprint density at radius 3 is 2.29 bits per heavy atom. The molecule has 2 nitrogen and oxygen atoms in total. The van der Waals surface area contributed by atoms with Crippen LogP contribution in [0.2, 0.25) is 0 Å². The molecule has 17 heavy (non-hydrogen) atoms. The summed E-state index contributed by atoms with van der Waals surface area (Å²) in [5.41, 5.74) is 2.92. The van der Waals surface area contributed by atoms with Crippen LogP contribution in [0.5, 0.6) is 0 Å². The maximum Gasteiger partial charge on any atom is 0.235 e. The minimum Gasteiger partial charge on any atom is -0.262 e. The highest BCUT2D eigenvalue weighted by molar-refractivity contribution is 5.51. The Bertz CT molecular complexity index is 419. The highest BCUT2D eigenvalue weighted by atomic mass is 15.2. The molecule has 0 spiro atoms. The molecule has 0 aromatic heterocycles. The third-order valence-corrected chi connectivity index (χ3v) is 3.45. The van der Waals surface area contributed by atoms with E-state index in [9.17, 15) is 0 Å². The molecule has 0 radical (unpaired) electrons. The number of nitrogens with zero attached hydrogens (tertiary/aromatic N) is 2. The number of hydrogen-bond acceptors (Lipinski definition) is 1. The summed E-state index contributed by atoms with van der Waals surface area (Å²) in [7, 11) is 0. The van der Waals surface area contributed by atoms with Crippen LogP contribution in [-0.4, -0.2) is 27.9 Å².